The number of ether oxygens (including phenoxy) is 1. The Kier molecular flexibility index (Phi) is 5.59. The molecule has 1 unspecified atom stereocenters. The van der Waals surface area contributed by atoms with Gasteiger partial charge in [0, 0.05) is 17.6 Å². The summed E-state index contributed by atoms with van der Waals surface area (Å²) in [6.07, 6.45) is 4.05. The number of fused-ring (bicyclic) bond motifs is 1. The molecule has 4 rings (SSSR count). The second-order valence-electron chi connectivity index (χ2n) is 6.70. The molecular formula is C22H21N3O3S. The molecule has 0 spiro atoms. The van der Waals surface area contributed by atoms with E-state index in [9.17, 15) is 4.79 Å². The summed E-state index contributed by atoms with van der Waals surface area (Å²) in [5.74, 6) is -0.0504. The highest BCUT2D eigenvalue weighted by molar-refractivity contribution is 7.10. The van der Waals surface area contributed by atoms with Crippen molar-refractivity contribution in [3.8, 4) is 11.1 Å². The lowest BCUT2D eigenvalue weighted by Gasteiger charge is -2.19. The first-order valence-corrected chi connectivity index (χ1v) is 10.1. The lowest BCUT2D eigenvalue weighted by atomic mass is 10.0. The predicted octanol–water partition coefficient (Wildman–Crippen LogP) is 4.28. The molecule has 29 heavy (non-hydrogen) atoms. The van der Waals surface area contributed by atoms with Gasteiger partial charge in [0.05, 0.1) is 36.4 Å². The number of pyridine rings is 1. The molecular weight excluding hydrogens is 386 g/mol. The van der Waals surface area contributed by atoms with E-state index in [1.165, 1.54) is 0 Å². The number of thiophene rings is 1. The summed E-state index contributed by atoms with van der Waals surface area (Å²) >= 11 is 1.61. The molecule has 2 aliphatic rings. The number of hydrogen-bond donors (Lipinski definition) is 2. The molecule has 2 aromatic heterocycles. The highest BCUT2D eigenvalue weighted by atomic mass is 32.1. The maximum atomic E-state index is 13.0. The molecule has 1 atom stereocenters. The van der Waals surface area contributed by atoms with Gasteiger partial charge >= 0.3 is 0 Å². The summed E-state index contributed by atoms with van der Waals surface area (Å²) in [7, 11) is 1.59. The second kappa shape index (κ2) is 8.46. The van der Waals surface area contributed by atoms with E-state index in [1.54, 1.807) is 43.1 Å². The lowest BCUT2D eigenvalue weighted by Crippen LogP contribution is -2.30. The zero-order valence-electron chi connectivity index (χ0n) is 15.9. The van der Waals surface area contributed by atoms with Crippen molar-refractivity contribution in [3.05, 3.63) is 82.1 Å². The van der Waals surface area contributed by atoms with Gasteiger partial charge in [-0.25, -0.2) is 4.98 Å². The van der Waals surface area contributed by atoms with E-state index < -0.39 is 0 Å². The summed E-state index contributed by atoms with van der Waals surface area (Å²) < 4.78 is 10.3. The van der Waals surface area contributed by atoms with Crippen LogP contribution in [0.5, 0.6) is 0 Å². The number of carbonyl (C=O) groups is 1. The van der Waals surface area contributed by atoms with Crippen LogP contribution in [0.1, 0.15) is 32.5 Å². The van der Waals surface area contributed by atoms with Crippen molar-refractivity contribution in [1.29, 1.82) is 0 Å². The number of amides is 1. The summed E-state index contributed by atoms with van der Waals surface area (Å²) in [6, 6.07) is 13.3. The Morgan fingerprint density at radius 1 is 1.28 bits per heavy atom. The average Bonchev–Trinajstić information content (AvgIpc) is 3.38. The summed E-state index contributed by atoms with van der Waals surface area (Å²) in [4.78, 5) is 18.3. The van der Waals surface area contributed by atoms with Crippen LogP contribution >= 0.6 is 11.3 Å². The van der Waals surface area contributed by atoms with Crippen molar-refractivity contribution in [2.45, 2.75) is 19.1 Å². The Morgan fingerprint density at radius 2 is 2.17 bits per heavy atom. The van der Waals surface area contributed by atoms with Crippen molar-refractivity contribution in [1.82, 2.24) is 10.3 Å². The van der Waals surface area contributed by atoms with E-state index in [1.807, 2.05) is 29.6 Å². The Labute approximate surface area is 172 Å². The van der Waals surface area contributed by atoms with E-state index >= 15 is 0 Å². The van der Waals surface area contributed by atoms with Crippen LogP contribution in [0.4, 0.5) is 5.82 Å². The van der Waals surface area contributed by atoms with Gasteiger partial charge in [-0.3, -0.25) is 4.79 Å². The van der Waals surface area contributed by atoms with E-state index in [2.05, 4.69) is 16.4 Å². The molecule has 148 valence electrons. The van der Waals surface area contributed by atoms with Crippen LogP contribution in [0.25, 0.3) is 11.1 Å². The van der Waals surface area contributed by atoms with E-state index in [0.29, 0.717) is 24.3 Å². The first-order valence-electron chi connectivity index (χ1n) is 9.18. The maximum Gasteiger partial charge on any atom is 0.255 e. The van der Waals surface area contributed by atoms with Gasteiger partial charge in [0.2, 0.25) is 0 Å². The number of nitrogens with two attached hydrogens (primary N) is 1. The standard InChI is InChI=1S/C22H21N3O3S/c1-27-13-16-6-7-18(21(23)24-16)22(26)25-19(20-3-2-10-29-20)11-14-4-5-15-12-28-9-8-17(14)15/h2-10,12,19H,11,13H2,1H3,(H2,23,24)(H,25,26). The van der Waals surface area contributed by atoms with Gasteiger partial charge in [-0.15, -0.1) is 11.3 Å². The molecule has 6 nitrogen and oxygen atoms in total. The predicted molar refractivity (Wildman–Crippen MR) is 113 cm³/mol. The van der Waals surface area contributed by atoms with E-state index in [0.717, 1.165) is 21.6 Å². The van der Waals surface area contributed by atoms with Gasteiger partial charge in [0.25, 0.3) is 5.91 Å². The number of carbonyl (C=O) groups excluding carboxylic acids is 1. The van der Waals surface area contributed by atoms with Crippen LogP contribution in [0.3, 0.4) is 0 Å². The van der Waals surface area contributed by atoms with E-state index in [-0.39, 0.29) is 17.8 Å². The topological polar surface area (TPSA) is 90.4 Å². The lowest BCUT2D eigenvalue weighted by molar-refractivity contribution is 0.0937. The third kappa shape index (κ3) is 4.16. The van der Waals surface area contributed by atoms with Crippen LogP contribution in [-0.4, -0.2) is 18.0 Å². The third-order valence-electron chi connectivity index (χ3n) is 4.76. The third-order valence-corrected chi connectivity index (χ3v) is 5.75. The Hall–Kier alpha value is -3.16. The molecule has 1 aliphatic heterocycles. The summed E-state index contributed by atoms with van der Waals surface area (Å²) in [5, 5.41) is 5.13. The van der Waals surface area contributed by atoms with Gasteiger partial charge in [0.15, 0.2) is 0 Å². The van der Waals surface area contributed by atoms with Crippen molar-refractivity contribution < 1.29 is 13.9 Å². The van der Waals surface area contributed by atoms with Crippen LogP contribution in [0.15, 0.2) is 64.8 Å². The van der Waals surface area contributed by atoms with Crippen LogP contribution in [0.2, 0.25) is 0 Å². The number of nitrogen functional groups attached to an aromatic ring is 1. The molecule has 0 aromatic carbocycles. The van der Waals surface area contributed by atoms with Gasteiger partial charge in [-0.05, 0) is 47.2 Å². The number of aromatic nitrogens is 1. The van der Waals surface area contributed by atoms with Gasteiger partial charge in [-0.1, -0.05) is 18.2 Å². The van der Waals surface area contributed by atoms with Crippen molar-refractivity contribution in [3.63, 3.8) is 0 Å². The molecule has 0 bridgehead atoms. The fraction of sp³-hybridized carbons (Fsp3) is 0.182. The minimum atomic E-state index is -0.247. The number of hydrogen-bond acceptors (Lipinski definition) is 6. The molecule has 0 radical (unpaired) electrons. The molecule has 2 aromatic rings. The molecule has 7 heteroatoms. The molecule has 3 N–H and O–H groups in total. The SMILES string of the molecule is COCc1ccc(C(=O)NC(Cc2ccc3coccc2-3)c2cccs2)c(N)n1. The average molecular weight is 407 g/mol. The maximum absolute atomic E-state index is 13.0. The minimum Gasteiger partial charge on any atom is -0.472 e. The highest BCUT2D eigenvalue weighted by Gasteiger charge is 2.22. The van der Waals surface area contributed by atoms with Gasteiger partial charge in [0.1, 0.15) is 5.82 Å². The highest BCUT2D eigenvalue weighted by Crippen LogP contribution is 2.32. The second-order valence-corrected chi connectivity index (χ2v) is 7.68. The Balaban J connectivity index is 1.58. The van der Waals surface area contributed by atoms with E-state index in [4.69, 9.17) is 14.9 Å². The van der Waals surface area contributed by atoms with Crippen molar-refractivity contribution in [2.24, 2.45) is 0 Å². The zero-order valence-corrected chi connectivity index (χ0v) is 16.7. The Bertz CT molecular complexity index is 1070. The fourth-order valence-electron chi connectivity index (χ4n) is 3.36. The van der Waals surface area contributed by atoms with Gasteiger partial charge < -0.3 is 20.2 Å². The van der Waals surface area contributed by atoms with Crippen LogP contribution in [0, 0.1) is 0 Å². The molecule has 0 saturated carbocycles. The number of rotatable bonds is 7. The number of nitrogens with one attached hydrogen (secondary N) is 1. The monoisotopic (exact) mass is 407 g/mol. The van der Waals surface area contributed by atoms with Gasteiger partial charge in [-0.2, -0.15) is 0 Å². The largest absolute Gasteiger partial charge is 0.472 e. The number of anilines is 1. The molecule has 1 amide bonds. The number of nitrogens with zero attached hydrogens (tertiary/aromatic N) is 1. The zero-order chi connectivity index (χ0) is 20.2. The first-order chi connectivity index (χ1) is 14.2. The molecule has 3 heterocycles. The number of methoxy groups -OCH3 is 1. The normalized spacial score (nSPS) is 12.2. The first kappa shape index (κ1) is 19.2. The Morgan fingerprint density at radius 3 is 2.93 bits per heavy atom. The summed E-state index contributed by atoms with van der Waals surface area (Å²) in [6.45, 7) is 0.347. The quantitative estimate of drug-likeness (QED) is 0.477. The smallest absolute Gasteiger partial charge is 0.255 e. The van der Waals surface area contributed by atoms with Crippen LogP contribution in [-0.2, 0) is 17.8 Å². The molecule has 0 saturated heterocycles. The van der Waals surface area contributed by atoms with Crippen molar-refractivity contribution >= 4 is 23.1 Å². The van der Waals surface area contributed by atoms with Crippen molar-refractivity contribution in [2.75, 3.05) is 12.8 Å². The summed E-state index contributed by atoms with van der Waals surface area (Å²) in [5.41, 5.74) is 10.4. The van der Waals surface area contributed by atoms with Crippen LogP contribution < -0.4 is 11.1 Å². The minimum absolute atomic E-state index is 0.178. The molecule has 0 fully saturated rings. The molecule has 1 aliphatic carbocycles. The fourth-order valence-corrected chi connectivity index (χ4v) is 4.14.